The van der Waals surface area contributed by atoms with Gasteiger partial charge in [0.2, 0.25) is 0 Å². The number of anilines is 1. The second-order valence-corrected chi connectivity index (χ2v) is 8.15. The Morgan fingerprint density at radius 2 is 1.40 bits per heavy atom. The summed E-state index contributed by atoms with van der Waals surface area (Å²) in [5.74, 6) is 0. The molecule has 1 spiro atoms. The van der Waals surface area contributed by atoms with Crippen molar-refractivity contribution in [3.8, 4) is 0 Å². The van der Waals surface area contributed by atoms with Gasteiger partial charge in [-0.3, -0.25) is 9.80 Å². The average molecular weight is 335 g/mol. The van der Waals surface area contributed by atoms with Gasteiger partial charge in [-0.15, -0.1) is 0 Å². The minimum atomic E-state index is 0.554. The molecule has 0 N–H and O–H groups in total. The lowest BCUT2D eigenvalue weighted by Gasteiger charge is -2.48. The van der Waals surface area contributed by atoms with Crippen molar-refractivity contribution in [3.63, 3.8) is 0 Å². The molecule has 2 aliphatic heterocycles. The molecule has 0 aromatic heterocycles. The fourth-order valence-electron chi connectivity index (χ4n) is 4.43. The maximum absolute atomic E-state index is 2.64. The number of nitrogens with zero attached hydrogens (tertiary/aromatic N) is 3. The summed E-state index contributed by atoms with van der Waals surface area (Å²) in [7, 11) is 4.19. The van der Waals surface area contributed by atoms with Gasteiger partial charge in [-0.05, 0) is 36.2 Å². The third-order valence-corrected chi connectivity index (χ3v) is 5.74. The van der Waals surface area contributed by atoms with Crippen LogP contribution in [0, 0.1) is 5.41 Å². The molecule has 0 bridgehead atoms. The maximum atomic E-state index is 2.64. The van der Waals surface area contributed by atoms with Crippen LogP contribution in [0.2, 0.25) is 0 Å². The van der Waals surface area contributed by atoms with Crippen molar-refractivity contribution < 1.29 is 0 Å². The predicted octanol–water partition coefficient (Wildman–Crippen LogP) is 3.46. The lowest BCUT2D eigenvalue weighted by Crippen LogP contribution is -2.56. The van der Waals surface area contributed by atoms with E-state index < -0.39 is 0 Å². The number of rotatable bonds is 5. The molecule has 3 nitrogen and oxygen atoms in total. The Hall–Kier alpha value is -1.84. The smallest absolute Gasteiger partial charge is 0.0361 e. The first-order valence-electron chi connectivity index (χ1n) is 9.37. The molecule has 3 heteroatoms. The molecule has 0 saturated carbocycles. The SMILES string of the molecule is CN(C)c1ccc(CN2CC3(CCN(Cc4ccccc4)C3)C2)cc1. The molecule has 4 rings (SSSR count). The molecular weight excluding hydrogens is 306 g/mol. The Bertz CT molecular complexity index is 687. The summed E-state index contributed by atoms with van der Waals surface area (Å²) >= 11 is 0. The van der Waals surface area contributed by atoms with Gasteiger partial charge in [0, 0.05) is 57.9 Å². The van der Waals surface area contributed by atoms with E-state index in [2.05, 4.69) is 83.4 Å². The second kappa shape index (κ2) is 6.81. The molecule has 2 aliphatic rings. The minimum absolute atomic E-state index is 0.554. The Morgan fingerprint density at radius 1 is 0.800 bits per heavy atom. The zero-order valence-electron chi connectivity index (χ0n) is 15.5. The van der Waals surface area contributed by atoms with E-state index in [0.29, 0.717) is 5.41 Å². The van der Waals surface area contributed by atoms with E-state index in [1.807, 2.05) is 0 Å². The monoisotopic (exact) mass is 335 g/mol. The normalized spacial score (nSPS) is 19.9. The molecular formula is C22H29N3. The van der Waals surface area contributed by atoms with E-state index >= 15 is 0 Å². The van der Waals surface area contributed by atoms with Crippen molar-refractivity contribution >= 4 is 5.69 Å². The Labute approximate surface area is 151 Å². The highest BCUT2D eigenvalue weighted by atomic mass is 15.3. The van der Waals surface area contributed by atoms with Crippen LogP contribution in [0.4, 0.5) is 5.69 Å². The van der Waals surface area contributed by atoms with Crippen LogP contribution in [0.1, 0.15) is 17.5 Å². The zero-order chi connectivity index (χ0) is 17.3. The van der Waals surface area contributed by atoms with E-state index in [0.717, 1.165) is 13.1 Å². The topological polar surface area (TPSA) is 9.72 Å². The largest absolute Gasteiger partial charge is 0.378 e. The lowest BCUT2D eigenvalue weighted by molar-refractivity contribution is 0.00161. The third kappa shape index (κ3) is 3.73. The number of hydrogen-bond acceptors (Lipinski definition) is 3. The van der Waals surface area contributed by atoms with Gasteiger partial charge in [-0.1, -0.05) is 42.5 Å². The average Bonchev–Trinajstić information content (AvgIpc) is 3.00. The maximum Gasteiger partial charge on any atom is 0.0361 e. The van der Waals surface area contributed by atoms with Crippen molar-refractivity contribution in [2.75, 3.05) is 45.2 Å². The van der Waals surface area contributed by atoms with Crippen LogP contribution >= 0.6 is 0 Å². The van der Waals surface area contributed by atoms with Crippen LogP contribution in [-0.2, 0) is 13.1 Å². The van der Waals surface area contributed by atoms with Crippen molar-refractivity contribution in [2.24, 2.45) is 5.41 Å². The molecule has 2 fully saturated rings. The highest BCUT2D eigenvalue weighted by Gasteiger charge is 2.47. The Kier molecular flexibility index (Phi) is 4.53. The minimum Gasteiger partial charge on any atom is -0.378 e. The molecule has 0 amide bonds. The van der Waals surface area contributed by atoms with Crippen molar-refractivity contribution in [3.05, 3.63) is 65.7 Å². The quantitative estimate of drug-likeness (QED) is 0.828. The van der Waals surface area contributed by atoms with Crippen LogP contribution in [-0.4, -0.2) is 50.1 Å². The molecule has 25 heavy (non-hydrogen) atoms. The van der Waals surface area contributed by atoms with E-state index in [1.54, 1.807) is 0 Å². The van der Waals surface area contributed by atoms with Gasteiger partial charge in [-0.25, -0.2) is 0 Å². The summed E-state index contributed by atoms with van der Waals surface area (Å²) in [5, 5.41) is 0. The van der Waals surface area contributed by atoms with Crippen LogP contribution in [0.25, 0.3) is 0 Å². The van der Waals surface area contributed by atoms with Crippen molar-refractivity contribution in [1.82, 2.24) is 9.80 Å². The predicted molar refractivity (Wildman–Crippen MR) is 105 cm³/mol. The lowest BCUT2D eigenvalue weighted by atomic mass is 9.79. The van der Waals surface area contributed by atoms with Gasteiger partial charge in [0.25, 0.3) is 0 Å². The van der Waals surface area contributed by atoms with Gasteiger partial charge < -0.3 is 4.90 Å². The molecule has 0 radical (unpaired) electrons. The molecule has 2 heterocycles. The molecule has 2 saturated heterocycles. The first-order valence-corrected chi connectivity index (χ1v) is 9.37. The van der Waals surface area contributed by atoms with Gasteiger partial charge >= 0.3 is 0 Å². The Balaban J connectivity index is 1.27. The van der Waals surface area contributed by atoms with Gasteiger partial charge in [0.1, 0.15) is 0 Å². The zero-order valence-corrected chi connectivity index (χ0v) is 15.5. The summed E-state index contributed by atoms with van der Waals surface area (Å²) in [6, 6.07) is 19.9. The summed E-state index contributed by atoms with van der Waals surface area (Å²) < 4.78 is 0. The fraction of sp³-hybridized carbons (Fsp3) is 0.455. The molecule has 0 atom stereocenters. The van der Waals surface area contributed by atoms with Gasteiger partial charge in [0.05, 0.1) is 0 Å². The third-order valence-electron chi connectivity index (χ3n) is 5.74. The standard InChI is InChI=1S/C22H29N3/c1-23(2)21-10-8-20(9-11-21)15-25-17-22(18-25)12-13-24(16-22)14-19-6-4-3-5-7-19/h3-11H,12-18H2,1-2H3. The first-order chi connectivity index (χ1) is 12.1. The molecule has 2 aromatic rings. The highest BCUT2D eigenvalue weighted by Crippen LogP contribution is 2.40. The van der Waals surface area contributed by atoms with E-state index in [9.17, 15) is 0 Å². The van der Waals surface area contributed by atoms with Crippen molar-refractivity contribution in [1.29, 1.82) is 0 Å². The van der Waals surface area contributed by atoms with Crippen LogP contribution in [0.5, 0.6) is 0 Å². The van der Waals surface area contributed by atoms with Crippen LogP contribution < -0.4 is 4.90 Å². The first kappa shape index (κ1) is 16.6. The number of likely N-dealkylation sites (tertiary alicyclic amines) is 2. The molecule has 132 valence electrons. The summed E-state index contributed by atoms with van der Waals surface area (Å²) in [4.78, 5) is 7.40. The van der Waals surface area contributed by atoms with E-state index in [4.69, 9.17) is 0 Å². The number of hydrogen-bond donors (Lipinski definition) is 0. The van der Waals surface area contributed by atoms with Crippen LogP contribution in [0.3, 0.4) is 0 Å². The summed E-state index contributed by atoms with van der Waals surface area (Å²) in [6.07, 6.45) is 1.36. The summed E-state index contributed by atoms with van der Waals surface area (Å²) in [6.45, 7) is 7.22. The van der Waals surface area contributed by atoms with Gasteiger partial charge in [0.15, 0.2) is 0 Å². The Morgan fingerprint density at radius 3 is 2.08 bits per heavy atom. The molecule has 0 aliphatic carbocycles. The number of benzene rings is 2. The van der Waals surface area contributed by atoms with Crippen molar-refractivity contribution in [2.45, 2.75) is 19.5 Å². The van der Waals surface area contributed by atoms with E-state index in [-0.39, 0.29) is 0 Å². The van der Waals surface area contributed by atoms with Crippen LogP contribution in [0.15, 0.2) is 54.6 Å². The highest BCUT2D eigenvalue weighted by molar-refractivity contribution is 5.46. The van der Waals surface area contributed by atoms with E-state index in [1.165, 1.54) is 49.4 Å². The second-order valence-electron chi connectivity index (χ2n) is 8.15. The fourth-order valence-corrected chi connectivity index (χ4v) is 4.43. The summed E-state index contributed by atoms with van der Waals surface area (Å²) in [5.41, 5.74) is 4.70. The molecule has 0 unspecified atom stereocenters. The van der Waals surface area contributed by atoms with Gasteiger partial charge in [-0.2, -0.15) is 0 Å². The molecule has 2 aromatic carbocycles.